The van der Waals surface area contributed by atoms with Gasteiger partial charge in [-0.1, -0.05) is 24.6 Å². The summed E-state index contributed by atoms with van der Waals surface area (Å²) >= 11 is 0. The smallest absolute Gasteiger partial charge is 0.267 e. The second-order valence-electron chi connectivity index (χ2n) is 10.6. The van der Waals surface area contributed by atoms with E-state index >= 15 is 0 Å². The second kappa shape index (κ2) is 10.4. The first-order valence-corrected chi connectivity index (χ1v) is 13.3. The number of carbonyl (C=O) groups is 2. The molecule has 36 heavy (non-hydrogen) atoms. The molecule has 8 nitrogen and oxygen atoms in total. The van der Waals surface area contributed by atoms with Crippen LogP contribution in [0.4, 0.5) is 0 Å². The van der Waals surface area contributed by atoms with E-state index in [2.05, 4.69) is 22.1 Å². The molecule has 0 radical (unpaired) electrons. The first-order chi connectivity index (χ1) is 17.4. The second-order valence-corrected chi connectivity index (χ2v) is 10.6. The Balaban J connectivity index is 1.30. The van der Waals surface area contributed by atoms with Crippen LogP contribution >= 0.6 is 0 Å². The van der Waals surface area contributed by atoms with Gasteiger partial charge in [-0.3, -0.25) is 14.4 Å². The van der Waals surface area contributed by atoms with Crippen LogP contribution in [0.25, 0.3) is 0 Å². The van der Waals surface area contributed by atoms with Crippen LogP contribution in [0.15, 0.2) is 41.2 Å². The van der Waals surface area contributed by atoms with Crippen molar-refractivity contribution in [1.82, 2.24) is 19.6 Å². The summed E-state index contributed by atoms with van der Waals surface area (Å²) in [6.45, 7) is 4.11. The zero-order valence-electron chi connectivity index (χ0n) is 21.2. The van der Waals surface area contributed by atoms with Crippen LogP contribution in [0.2, 0.25) is 0 Å². The van der Waals surface area contributed by atoms with E-state index in [9.17, 15) is 14.4 Å². The van der Waals surface area contributed by atoms with E-state index in [1.54, 1.807) is 17.9 Å². The highest BCUT2D eigenvalue weighted by molar-refractivity contribution is 5.84. The monoisotopic (exact) mass is 492 g/mol. The minimum atomic E-state index is -0.434. The lowest BCUT2D eigenvalue weighted by molar-refractivity contribution is -0.150. The van der Waals surface area contributed by atoms with Crippen molar-refractivity contribution in [2.45, 2.75) is 70.9 Å². The summed E-state index contributed by atoms with van der Waals surface area (Å²) in [7, 11) is 0. The van der Waals surface area contributed by atoms with Crippen LogP contribution in [-0.2, 0) is 22.6 Å². The van der Waals surface area contributed by atoms with Crippen LogP contribution in [0.1, 0.15) is 56.2 Å². The molecule has 0 unspecified atom stereocenters. The number of hydrogen-bond acceptors (Lipinski definition) is 5. The molecule has 5 rings (SSSR count). The SMILES string of the molecule is Cc1ccc(=O)n(CC(=O)N2CCC3(CCCCc4ccccc4OC[C@@H]4CCCN4C3=O)CC2)n1. The molecule has 192 valence electrons. The van der Waals surface area contributed by atoms with Gasteiger partial charge in [-0.15, -0.1) is 0 Å². The molecule has 2 fully saturated rings. The van der Waals surface area contributed by atoms with Gasteiger partial charge in [0, 0.05) is 25.7 Å². The topological polar surface area (TPSA) is 84.7 Å². The Morgan fingerprint density at radius 3 is 2.67 bits per heavy atom. The molecule has 0 saturated carbocycles. The summed E-state index contributed by atoms with van der Waals surface area (Å²) in [6.07, 6.45) is 7.05. The van der Waals surface area contributed by atoms with Gasteiger partial charge in [0.15, 0.2) is 0 Å². The van der Waals surface area contributed by atoms with Crippen molar-refractivity contribution >= 4 is 11.8 Å². The molecule has 1 atom stereocenters. The first kappa shape index (κ1) is 24.5. The third kappa shape index (κ3) is 5.04. The van der Waals surface area contributed by atoms with Gasteiger partial charge in [-0.05, 0) is 69.6 Å². The van der Waals surface area contributed by atoms with Crippen molar-refractivity contribution in [3.63, 3.8) is 0 Å². The Kier molecular flexibility index (Phi) is 7.12. The fraction of sp³-hybridized carbons (Fsp3) is 0.571. The molecule has 3 aliphatic heterocycles. The highest BCUT2D eigenvalue weighted by Gasteiger charge is 2.46. The molecule has 8 heteroatoms. The van der Waals surface area contributed by atoms with Gasteiger partial charge < -0.3 is 14.5 Å². The number of likely N-dealkylation sites (tertiary alicyclic amines) is 1. The van der Waals surface area contributed by atoms with Crippen molar-refractivity contribution in [3.05, 3.63) is 58.0 Å². The maximum atomic E-state index is 14.0. The Hall–Kier alpha value is -3.16. The van der Waals surface area contributed by atoms with Gasteiger partial charge in [0.05, 0.1) is 17.2 Å². The molecule has 0 N–H and O–H groups in total. The van der Waals surface area contributed by atoms with Gasteiger partial charge in [-0.25, -0.2) is 4.68 Å². The van der Waals surface area contributed by atoms with Gasteiger partial charge in [0.2, 0.25) is 11.8 Å². The standard InChI is InChI=1S/C28H36N4O4/c1-21-11-12-25(33)32(29-21)19-26(34)30-17-14-28(15-18-30)13-5-4-8-22-7-2-3-10-24(22)36-20-23-9-6-16-31(23)27(28)35/h2-3,7,10-12,23H,4-6,8-9,13-20H2,1H3/t23-/m0/s1. The predicted molar refractivity (Wildman–Crippen MR) is 136 cm³/mol. The summed E-state index contributed by atoms with van der Waals surface area (Å²) in [6, 6.07) is 11.5. The number of rotatable bonds is 2. The van der Waals surface area contributed by atoms with E-state index in [4.69, 9.17) is 4.74 Å². The average molecular weight is 493 g/mol. The van der Waals surface area contributed by atoms with Crippen molar-refractivity contribution in [1.29, 1.82) is 0 Å². The van der Waals surface area contributed by atoms with E-state index in [1.165, 1.54) is 16.3 Å². The largest absolute Gasteiger partial charge is 0.491 e. The van der Waals surface area contributed by atoms with Gasteiger partial charge in [0.25, 0.3) is 5.56 Å². The number of hydrogen-bond donors (Lipinski definition) is 0. The summed E-state index contributed by atoms with van der Waals surface area (Å²) < 4.78 is 7.47. The number of aryl methyl sites for hydroxylation is 2. The molecular formula is C28H36N4O4. The minimum absolute atomic E-state index is 0.0631. The number of fused-ring (bicyclic) bond motifs is 2. The fourth-order valence-electron chi connectivity index (χ4n) is 6.04. The molecule has 4 heterocycles. The predicted octanol–water partition coefficient (Wildman–Crippen LogP) is 2.96. The lowest BCUT2D eigenvalue weighted by Crippen LogP contribution is -2.53. The van der Waals surface area contributed by atoms with Crippen molar-refractivity contribution < 1.29 is 14.3 Å². The maximum absolute atomic E-state index is 14.0. The van der Waals surface area contributed by atoms with E-state index < -0.39 is 5.41 Å². The number of ether oxygens (including phenoxy) is 1. The van der Waals surface area contributed by atoms with Gasteiger partial charge in [-0.2, -0.15) is 5.10 Å². The van der Waals surface area contributed by atoms with Crippen molar-refractivity contribution in [3.8, 4) is 5.75 Å². The number of nitrogens with zero attached hydrogens (tertiary/aromatic N) is 4. The maximum Gasteiger partial charge on any atom is 0.267 e. The van der Waals surface area contributed by atoms with E-state index in [0.29, 0.717) is 38.2 Å². The summed E-state index contributed by atoms with van der Waals surface area (Å²) in [5, 5.41) is 4.20. The summed E-state index contributed by atoms with van der Waals surface area (Å²) in [5.74, 6) is 1.07. The molecule has 1 aromatic carbocycles. The molecule has 2 aromatic rings. The van der Waals surface area contributed by atoms with Crippen LogP contribution in [0.5, 0.6) is 5.75 Å². The molecule has 1 aromatic heterocycles. The van der Waals surface area contributed by atoms with E-state index in [1.807, 2.05) is 12.1 Å². The Morgan fingerprint density at radius 1 is 1.03 bits per heavy atom. The Bertz CT molecular complexity index is 1170. The van der Waals surface area contributed by atoms with Crippen molar-refractivity contribution in [2.75, 3.05) is 26.2 Å². The highest BCUT2D eigenvalue weighted by Crippen LogP contribution is 2.41. The van der Waals surface area contributed by atoms with Crippen LogP contribution < -0.4 is 10.3 Å². The number of amides is 2. The molecule has 3 aliphatic rings. The zero-order valence-corrected chi connectivity index (χ0v) is 21.2. The molecule has 1 spiro atoms. The highest BCUT2D eigenvalue weighted by atomic mass is 16.5. The number of carbonyl (C=O) groups excluding carboxylic acids is 2. The first-order valence-electron chi connectivity index (χ1n) is 13.3. The molecule has 0 aliphatic carbocycles. The lowest BCUT2D eigenvalue weighted by atomic mass is 9.73. The summed E-state index contributed by atoms with van der Waals surface area (Å²) in [4.78, 5) is 43.0. The van der Waals surface area contributed by atoms with Crippen LogP contribution in [0.3, 0.4) is 0 Å². The average Bonchev–Trinajstić information content (AvgIpc) is 3.36. The zero-order chi connectivity index (χ0) is 25.1. The van der Waals surface area contributed by atoms with Crippen molar-refractivity contribution in [2.24, 2.45) is 5.41 Å². The summed E-state index contributed by atoms with van der Waals surface area (Å²) in [5.41, 5.74) is 1.23. The number of benzene rings is 1. The molecule has 2 saturated heterocycles. The number of aromatic nitrogens is 2. The van der Waals surface area contributed by atoms with E-state index in [0.717, 1.165) is 50.8 Å². The third-order valence-corrected chi connectivity index (χ3v) is 8.21. The molecular weight excluding hydrogens is 456 g/mol. The van der Waals surface area contributed by atoms with E-state index in [-0.39, 0.29) is 30.0 Å². The van der Waals surface area contributed by atoms with Crippen LogP contribution in [0, 0.1) is 12.3 Å². The van der Waals surface area contributed by atoms with Gasteiger partial charge >= 0.3 is 0 Å². The lowest BCUT2D eigenvalue weighted by Gasteiger charge is -2.44. The number of para-hydroxylation sites is 1. The van der Waals surface area contributed by atoms with Gasteiger partial charge in [0.1, 0.15) is 18.9 Å². The normalized spacial score (nSPS) is 22.2. The molecule has 2 amide bonds. The number of piperidine rings is 1. The fourth-order valence-corrected chi connectivity index (χ4v) is 6.04. The molecule has 0 bridgehead atoms. The third-order valence-electron chi connectivity index (χ3n) is 8.21. The van der Waals surface area contributed by atoms with Crippen LogP contribution in [-0.4, -0.2) is 63.7 Å². The minimum Gasteiger partial charge on any atom is -0.491 e. The quantitative estimate of drug-likeness (QED) is 0.644. The Morgan fingerprint density at radius 2 is 1.83 bits per heavy atom. The Labute approximate surface area is 212 Å².